The second kappa shape index (κ2) is 14.2. The van der Waals surface area contributed by atoms with Gasteiger partial charge in [0.2, 0.25) is 12.3 Å². The Hall–Kier alpha value is -2.55. The number of rotatable bonds is 7. The molecule has 0 aromatic heterocycles. The molecule has 2 rings (SSSR count). The fourth-order valence-corrected chi connectivity index (χ4v) is 4.26. The molecule has 0 aliphatic rings. The van der Waals surface area contributed by atoms with E-state index in [1.54, 1.807) is 11.4 Å². The van der Waals surface area contributed by atoms with Crippen molar-refractivity contribution in [2.24, 2.45) is 0 Å². The molecule has 2 aromatic carbocycles. The molecule has 0 aliphatic carbocycles. The van der Waals surface area contributed by atoms with Crippen LogP contribution in [0.4, 0.5) is 39.5 Å². The first kappa shape index (κ1) is 34.5. The number of benzene rings is 2. The Morgan fingerprint density at radius 1 is 0.923 bits per heavy atom. The van der Waals surface area contributed by atoms with E-state index in [9.17, 15) is 49.1 Å². The summed E-state index contributed by atoms with van der Waals surface area (Å²) in [5.74, 6) is -2.83. The van der Waals surface area contributed by atoms with Gasteiger partial charge in [-0.15, -0.1) is 0 Å². The fourth-order valence-electron chi connectivity index (χ4n) is 2.93. The van der Waals surface area contributed by atoms with Crippen LogP contribution in [0.25, 0.3) is 6.08 Å². The lowest BCUT2D eigenvalue weighted by atomic mass is 9.96. The van der Waals surface area contributed by atoms with E-state index in [2.05, 4.69) is 31.9 Å². The van der Waals surface area contributed by atoms with Crippen LogP contribution in [-0.4, -0.2) is 37.3 Å². The van der Waals surface area contributed by atoms with Crippen LogP contribution in [0, 0.1) is 6.92 Å². The highest BCUT2D eigenvalue weighted by Crippen LogP contribution is 2.39. The van der Waals surface area contributed by atoms with Gasteiger partial charge in [-0.2, -0.15) is 39.5 Å². The normalized spacial score (nSPS) is 13.8. The molecule has 2 N–H and O–H groups in total. The molecule has 2 unspecified atom stereocenters. The zero-order valence-corrected chi connectivity index (χ0v) is 23.2. The SMILES string of the molecule is CC(NC(=O)CNC=O)C(F)(F)F.Cc1ccc(/C=C/C(c2cc(Br)cc(Br)c2)C(F)(F)F)cc1C(F)(F)F. The van der Waals surface area contributed by atoms with Crippen molar-refractivity contribution in [1.29, 1.82) is 0 Å². The van der Waals surface area contributed by atoms with Crippen LogP contribution in [0.2, 0.25) is 0 Å². The third-order valence-corrected chi connectivity index (χ3v) is 5.77. The van der Waals surface area contributed by atoms with E-state index in [4.69, 9.17) is 0 Å². The van der Waals surface area contributed by atoms with Crippen molar-refractivity contribution in [3.05, 3.63) is 73.7 Å². The molecule has 0 spiro atoms. The number of carbonyl (C=O) groups is 2. The van der Waals surface area contributed by atoms with Crippen LogP contribution >= 0.6 is 31.9 Å². The average molecular weight is 700 g/mol. The molecule has 2 amide bonds. The molecule has 0 heterocycles. The molecule has 15 heteroatoms. The minimum absolute atomic E-state index is 0.0120. The Labute approximate surface area is 234 Å². The van der Waals surface area contributed by atoms with Crippen LogP contribution < -0.4 is 10.6 Å². The van der Waals surface area contributed by atoms with E-state index >= 15 is 0 Å². The Balaban J connectivity index is 0.000000495. The first-order valence-electron chi connectivity index (χ1n) is 10.7. The summed E-state index contributed by atoms with van der Waals surface area (Å²) in [7, 11) is 0. The van der Waals surface area contributed by atoms with Crippen molar-refractivity contribution in [3.8, 4) is 0 Å². The smallest absolute Gasteiger partial charge is 0.350 e. The van der Waals surface area contributed by atoms with Gasteiger partial charge >= 0.3 is 18.5 Å². The van der Waals surface area contributed by atoms with Gasteiger partial charge in [0.25, 0.3) is 0 Å². The number of halogens is 11. The summed E-state index contributed by atoms with van der Waals surface area (Å²) in [5, 5.41) is 3.61. The monoisotopic (exact) mass is 698 g/mol. The van der Waals surface area contributed by atoms with E-state index in [1.807, 2.05) is 5.32 Å². The van der Waals surface area contributed by atoms with Crippen molar-refractivity contribution in [3.63, 3.8) is 0 Å². The molecule has 0 saturated carbocycles. The van der Waals surface area contributed by atoms with Crippen LogP contribution in [0.3, 0.4) is 0 Å². The summed E-state index contributed by atoms with van der Waals surface area (Å²) in [6.45, 7) is 1.66. The summed E-state index contributed by atoms with van der Waals surface area (Å²) in [4.78, 5) is 20.3. The molecule has 4 nitrogen and oxygen atoms in total. The lowest BCUT2D eigenvalue weighted by molar-refractivity contribution is -0.157. The number of alkyl halides is 9. The zero-order chi connectivity index (χ0) is 30.2. The molecule has 0 radical (unpaired) electrons. The molecule has 216 valence electrons. The maximum Gasteiger partial charge on any atom is 0.416 e. The predicted octanol–water partition coefficient (Wildman–Crippen LogP) is 7.70. The average Bonchev–Trinajstić information content (AvgIpc) is 2.76. The highest BCUT2D eigenvalue weighted by Gasteiger charge is 2.39. The number of hydrogen-bond donors (Lipinski definition) is 2. The number of nitrogens with one attached hydrogen (secondary N) is 2. The van der Waals surface area contributed by atoms with E-state index in [1.165, 1.54) is 31.2 Å². The minimum Gasteiger partial charge on any atom is -0.350 e. The quantitative estimate of drug-likeness (QED) is 0.230. The second-order valence-electron chi connectivity index (χ2n) is 7.98. The van der Waals surface area contributed by atoms with Gasteiger partial charge in [-0.25, -0.2) is 0 Å². The van der Waals surface area contributed by atoms with E-state index < -0.39 is 48.5 Å². The number of hydrogen-bond acceptors (Lipinski definition) is 2. The first-order valence-corrected chi connectivity index (χ1v) is 12.3. The maximum atomic E-state index is 13.4. The first-order chi connectivity index (χ1) is 17.8. The summed E-state index contributed by atoms with van der Waals surface area (Å²) in [6, 6.07) is 5.76. The third kappa shape index (κ3) is 12.0. The third-order valence-electron chi connectivity index (χ3n) is 4.86. The number of amides is 2. The molecule has 0 saturated heterocycles. The summed E-state index contributed by atoms with van der Waals surface area (Å²) >= 11 is 6.27. The van der Waals surface area contributed by atoms with Crippen molar-refractivity contribution in [2.75, 3.05) is 6.54 Å². The largest absolute Gasteiger partial charge is 0.416 e. The van der Waals surface area contributed by atoms with Gasteiger partial charge in [-0.1, -0.05) is 56.1 Å². The molecular formula is C24H21Br2F9N2O2. The van der Waals surface area contributed by atoms with Crippen molar-refractivity contribution >= 4 is 50.3 Å². The van der Waals surface area contributed by atoms with Crippen LogP contribution in [0.15, 0.2) is 51.4 Å². The lowest BCUT2D eigenvalue weighted by Crippen LogP contribution is -2.46. The zero-order valence-electron chi connectivity index (χ0n) is 20.0. The van der Waals surface area contributed by atoms with Gasteiger partial charge < -0.3 is 10.6 Å². The van der Waals surface area contributed by atoms with E-state index in [0.29, 0.717) is 8.95 Å². The Bertz CT molecular complexity index is 1140. The predicted molar refractivity (Wildman–Crippen MR) is 134 cm³/mol. The number of allylic oxidation sites excluding steroid dienone is 1. The summed E-state index contributed by atoms with van der Waals surface area (Å²) in [5.41, 5.74) is -0.837. The van der Waals surface area contributed by atoms with E-state index in [-0.39, 0.29) is 23.1 Å². The summed E-state index contributed by atoms with van der Waals surface area (Å²) < 4.78 is 116. The van der Waals surface area contributed by atoms with Crippen LogP contribution in [0.5, 0.6) is 0 Å². The molecule has 0 bridgehead atoms. The molecule has 2 aromatic rings. The van der Waals surface area contributed by atoms with Gasteiger partial charge in [0.1, 0.15) is 6.04 Å². The fraction of sp³-hybridized carbons (Fsp3) is 0.333. The maximum absolute atomic E-state index is 13.4. The Morgan fingerprint density at radius 2 is 1.49 bits per heavy atom. The van der Waals surface area contributed by atoms with Crippen LogP contribution in [-0.2, 0) is 15.8 Å². The highest BCUT2D eigenvalue weighted by molar-refractivity contribution is 9.11. The van der Waals surface area contributed by atoms with Gasteiger partial charge in [-0.3, -0.25) is 9.59 Å². The second-order valence-corrected chi connectivity index (χ2v) is 9.81. The van der Waals surface area contributed by atoms with Crippen LogP contribution in [0.1, 0.15) is 35.1 Å². The van der Waals surface area contributed by atoms with Gasteiger partial charge in [0, 0.05) is 8.95 Å². The van der Waals surface area contributed by atoms with Gasteiger partial charge in [0.15, 0.2) is 0 Å². The summed E-state index contributed by atoms with van der Waals surface area (Å²) in [6.07, 6.45) is -11.5. The molecule has 0 fully saturated rings. The number of carbonyl (C=O) groups excluding carboxylic acids is 2. The Morgan fingerprint density at radius 3 is 1.95 bits per heavy atom. The van der Waals surface area contributed by atoms with Gasteiger partial charge in [-0.05, 0) is 54.8 Å². The minimum atomic E-state index is -4.59. The van der Waals surface area contributed by atoms with Crippen molar-refractivity contribution < 1.29 is 49.1 Å². The van der Waals surface area contributed by atoms with Gasteiger partial charge in [0.05, 0.1) is 18.0 Å². The lowest BCUT2D eigenvalue weighted by Gasteiger charge is -2.18. The Kier molecular flexibility index (Phi) is 12.5. The molecule has 0 aliphatic heterocycles. The van der Waals surface area contributed by atoms with Crippen molar-refractivity contribution in [1.82, 2.24) is 10.6 Å². The topological polar surface area (TPSA) is 58.2 Å². The molecule has 2 atom stereocenters. The standard InChI is InChI=1S/C18H12Br2F6.C6H9F3N2O2/c1-10-2-3-11(6-16(10)18(24,25)26)4-5-15(17(21,22)23)12-7-13(19)9-14(20)8-12;1-4(6(7,8)9)11-5(13)2-10-3-12/h2-9,15H,1H3;3-4H,2H2,1H3,(H,10,12)(H,11,13)/b5-4+;. The molecular weight excluding hydrogens is 679 g/mol. The van der Waals surface area contributed by atoms with Crippen molar-refractivity contribution in [2.45, 2.75) is 44.3 Å². The molecule has 39 heavy (non-hydrogen) atoms. The van der Waals surface area contributed by atoms with E-state index in [0.717, 1.165) is 25.1 Å². The highest BCUT2D eigenvalue weighted by atomic mass is 79.9. The number of aryl methyl sites for hydroxylation is 1.